The number of rotatable bonds is 8. The number of carbonyl (C=O) groups excluding carboxylic acids is 2. The number of amides is 2. The largest absolute Gasteiger partial charge is 0.438 e. The van der Waals surface area contributed by atoms with Crippen molar-refractivity contribution in [3.05, 3.63) is 94.4 Å². The Morgan fingerprint density at radius 1 is 1.03 bits per heavy atom. The number of hydrogen-bond donors (Lipinski definition) is 1. The fraction of sp³-hybridized carbons (Fsp3) is 0.367. The van der Waals surface area contributed by atoms with Gasteiger partial charge in [-0.1, -0.05) is 68.4 Å². The van der Waals surface area contributed by atoms with Crippen molar-refractivity contribution in [2.75, 3.05) is 6.54 Å². The van der Waals surface area contributed by atoms with Crippen LogP contribution in [0.15, 0.2) is 77.7 Å². The molecule has 4 rings (SSSR count). The summed E-state index contributed by atoms with van der Waals surface area (Å²) in [5.41, 5.74) is 8.05. The Morgan fingerprint density at radius 3 is 2.27 bits per heavy atom. The summed E-state index contributed by atoms with van der Waals surface area (Å²) in [7, 11) is 1.73. The number of aryl methyl sites for hydroxylation is 1. The van der Waals surface area contributed by atoms with Crippen molar-refractivity contribution < 1.29 is 14.3 Å². The first-order valence-electron chi connectivity index (χ1n) is 12.6. The number of hydrogen-bond acceptors (Lipinski definition) is 4. The Balaban J connectivity index is 1.55. The van der Waals surface area contributed by atoms with E-state index in [4.69, 9.17) is 10.5 Å². The molecule has 2 heterocycles. The zero-order valence-corrected chi connectivity index (χ0v) is 21.9. The molecule has 194 valence electrons. The number of pyridine rings is 1. The van der Waals surface area contributed by atoms with Crippen LogP contribution in [-0.2, 0) is 22.2 Å². The van der Waals surface area contributed by atoms with E-state index >= 15 is 0 Å². The highest BCUT2D eigenvalue weighted by Crippen LogP contribution is 2.45. The molecule has 37 heavy (non-hydrogen) atoms. The maximum atomic E-state index is 13.4. The summed E-state index contributed by atoms with van der Waals surface area (Å²) >= 11 is 0. The predicted molar refractivity (Wildman–Crippen MR) is 144 cm³/mol. The van der Waals surface area contributed by atoms with Gasteiger partial charge in [-0.2, -0.15) is 0 Å². The topological polar surface area (TPSA) is 94.6 Å². The number of nitrogens with zero attached hydrogens (tertiary/aromatic N) is 2. The van der Waals surface area contributed by atoms with Crippen molar-refractivity contribution in [1.82, 2.24) is 9.47 Å². The second-order valence-corrected chi connectivity index (χ2v) is 10.8. The van der Waals surface area contributed by atoms with Gasteiger partial charge in [0, 0.05) is 38.7 Å². The van der Waals surface area contributed by atoms with Gasteiger partial charge in [-0.25, -0.2) is 4.79 Å². The van der Waals surface area contributed by atoms with Gasteiger partial charge in [0.05, 0.1) is 6.04 Å². The third-order valence-electron chi connectivity index (χ3n) is 7.27. The van der Waals surface area contributed by atoms with Crippen molar-refractivity contribution in [1.29, 1.82) is 0 Å². The molecule has 7 heteroatoms. The maximum Gasteiger partial charge on any atom is 0.411 e. The van der Waals surface area contributed by atoms with E-state index < -0.39 is 11.0 Å². The third kappa shape index (κ3) is 5.77. The summed E-state index contributed by atoms with van der Waals surface area (Å²) < 4.78 is 7.81. The van der Waals surface area contributed by atoms with Crippen LogP contribution in [0, 0.1) is 5.41 Å². The lowest BCUT2D eigenvalue weighted by atomic mass is 9.73. The molecule has 0 aliphatic carbocycles. The number of nitrogens with two attached hydrogens (primary N) is 1. The third-order valence-corrected chi connectivity index (χ3v) is 7.27. The highest BCUT2D eigenvalue weighted by molar-refractivity contribution is 5.74. The van der Waals surface area contributed by atoms with Gasteiger partial charge in [-0.15, -0.1) is 0 Å². The van der Waals surface area contributed by atoms with Gasteiger partial charge >= 0.3 is 6.09 Å². The normalized spacial score (nSPS) is 18.8. The summed E-state index contributed by atoms with van der Waals surface area (Å²) in [6.45, 7) is 6.48. The minimum atomic E-state index is -0.833. The van der Waals surface area contributed by atoms with Crippen LogP contribution < -0.4 is 11.3 Å². The summed E-state index contributed by atoms with van der Waals surface area (Å²) in [4.78, 5) is 38.6. The van der Waals surface area contributed by atoms with Crippen molar-refractivity contribution in [2.24, 2.45) is 18.2 Å². The molecule has 2 atom stereocenters. The molecule has 2 amide bonds. The van der Waals surface area contributed by atoms with E-state index in [2.05, 4.69) is 0 Å². The van der Waals surface area contributed by atoms with E-state index in [1.807, 2.05) is 87.6 Å². The van der Waals surface area contributed by atoms with Gasteiger partial charge in [0.25, 0.3) is 0 Å². The van der Waals surface area contributed by atoms with E-state index in [1.54, 1.807) is 22.6 Å². The van der Waals surface area contributed by atoms with Gasteiger partial charge in [-0.05, 0) is 47.1 Å². The zero-order chi connectivity index (χ0) is 26.8. The van der Waals surface area contributed by atoms with Gasteiger partial charge in [0.1, 0.15) is 5.60 Å². The molecule has 3 aromatic rings. The molecule has 1 saturated heterocycles. The molecule has 1 fully saturated rings. The Labute approximate surface area is 217 Å². The Kier molecular flexibility index (Phi) is 7.25. The first-order valence-corrected chi connectivity index (χ1v) is 12.6. The molecule has 0 radical (unpaired) electrons. The van der Waals surface area contributed by atoms with Crippen LogP contribution in [0.3, 0.4) is 0 Å². The van der Waals surface area contributed by atoms with Gasteiger partial charge in [0.2, 0.25) is 11.5 Å². The number of benzene rings is 2. The van der Waals surface area contributed by atoms with E-state index in [0.717, 1.165) is 22.3 Å². The molecule has 0 bridgehead atoms. The zero-order valence-electron chi connectivity index (χ0n) is 21.9. The molecule has 0 spiro atoms. The molecule has 0 unspecified atom stereocenters. The Morgan fingerprint density at radius 2 is 1.68 bits per heavy atom. The van der Waals surface area contributed by atoms with E-state index in [1.165, 1.54) is 0 Å². The smallest absolute Gasteiger partial charge is 0.411 e. The van der Waals surface area contributed by atoms with Crippen LogP contribution in [0.25, 0.3) is 11.1 Å². The minimum absolute atomic E-state index is 0.0535. The highest BCUT2D eigenvalue weighted by Gasteiger charge is 2.46. The number of aromatic nitrogens is 1. The summed E-state index contributed by atoms with van der Waals surface area (Å²) in [6, 6.07) is 21.0. The molecule has 7 nitrogen and oxygen atoms in total. The fourth-order valence-electron chi connectivity index (χ4n) is 5.40. The van der Waals surface area contributed by atoms with Crippen molar-refractivity contribution in [3.8, 4) is 11.1 Å². The fourth-order valence-corrected chi connectivity index (χ4v) is 5.40. The minimum Gasteiger partial charge on any atom is -0.438 e. The molecule has 0 saturated carbocycles. The monoisotopic (exact) mass is 501 g/mol. The van der Waals surface area contributed by atoms with E-state index in [9.17, 15) is 14.4 Å². The van der Waals surface area contributed by atoms with E-state index in [-0.39, 0.29) is 30.0 Å². The van der Waals surface area contributed by atoms with E-state index in [0.29, 0.717) is 19.4 Å². The molecule has 1 aliphatic rings. The van der Waals surface area contributed by atoms with Crippen LogP contribution >= 0.6 is 0 Å². The molecule has 2 N–H and O–H groups in total. The summed E-state index contributed by atoms with van der Waals surface area (Å²) in [5.74, 6) is -0.369. The first kappa shape index (κ1) is 26.2. The Bertz CT molecular complexity index is 1330. The number of primary amides is 1. The molecule has 2 aromatic carbocycles. The van der Waals surface area contributed by atoms with Crippen molar-refractivity contribution in [3.63, 3.8) is 0 Å². The van der Waals surface area contributed by atoms with Gasteiger partial charge < -0.3 is 19.9 Å². The number of cyclic esters (lactones) is 1. The molecule has 1 aliphatic heterocycles. The van der Waals surface area contributed by atoms with Crippen LogP contribution in [0.4, 0.5) is 4.79 Å². The van der Waals surface area contributed by atoms with Gasteiger partial charge in [0.15, 0.2) is 0 Å². The lowest BCUT2D eigenvalue weighted by molar-refractivity contribution is -0.122. The van der Waals surface area contributed by atoms with Crippen molar-refractivity contribution in [2.45, 2.75) is 51.7 Å². The lowest BCUT2D eigenvalue weighted by Crippen LogP contribution is -2.50. The van der Waals surface area contributed by atoms with Crippen LogP contribution in [-0.4, -0.2) is 28.0 Å². The summed E-state index contributed by atoms with van der Waals surface area (Å²) in [6.07, 6.45) is 2.74. The quantitative estimate of drug-likeness (QED) is 0.462. The molecular weight excluding hydrogens is 466 g/mol. The first-order chi connectivity index (χ1) is 17.5. The summed E-state index contributed by atoms with van der Waals surface area (Å²) in [5, 5.41) is 0. The SMILES string of the molecule is C[C@@H](c1ccc(-c2ccc(=O)n(C)c2)cc1)N1CC[C@@](CC(C)(C)CC(N)=O)(c2ccccc2)OC1=O. The lowest BCUT2D eigenvalue weighted by Gasteiger charge is -2.46. The number of ether oxygens (including phenoxy) is 1. The average Bonchev–Trinajstić information content (AvgIpc) is 2.85. The average molecular weight is 502 g/mol. The van der Waals surface area contributed by atoms with Crippen LogP contribution in [0.2, 0.25) is 0 Å². The molecule has 1 aromatic heterocycles. The van der Waals surface area contributed by atoms with Crippen LogP contribution in [0.1, 0.15) is 57.2 Å². The second kappa shape index (κ2) is 10.2. The Hall–Kier alpha value is -3.87. The second-order valence-electron chi connectivity index (χ2n) is 10.8. The standard InChI is InChI=1S/C30H35N3O4/c1-21(22-10-12-23(13-11-22)24-14-15-27(35)32(4)19-24)33-17-16-30(37-28(33)36,25-8-6-5-7-9-25)20-29(2,3)18-26(31)34/h5-15,19,21H,16-18,20H2,1-4H3,(H2,31,34)/t21-,30+/m0/s1. The highest BCUT2D eigenvalue weighted by atomic mass is 16.6. The predicted octanol–water partition coefficient (Wildman–Crippen LogP) is 5.14. The number of carbonyl (C=O) groups is 2. The van der Waals surface area contributed by atoms with Gasteiger partial charge in [-0.3, -0.25) is 9.59 Å². The van der Waals surface area contributed by atoms with Crippen LogP contribution in [0.5, 0.6) is 0 Å². The maximum absolute atomic E-state index is 13.4. The van der Waals surface area contributed by atoms with Crippen molar-refractivity contribution >= 4 is 12.0 Å². The molecular formula is C30H35N3O4.